The van der Waals surface area contributed by atoms with Crippen LogP contribution in [-0.2, 0) is 0 Å². The molecule has 2 nitrogen and oxygen atoms in total. The van der Waals surface area contributed by atoms with Gasteiger partial charge in [0.05, 0.1) is 0 Å². The van der Waals surface area contributed by atoms with E-state index < -0.39 is 0 Å². The van der Waals surface area contributed by atoms with Crippen molar-refractivity contribution in [2.45, 2.75) is 27.2 Å². The van der Waals surface area contributed by atoms with Crippen molar-refractivity contribution in [2.24, 2.45) is 4.99 Å². The van der Waals surface area contributed by atoms with Gasteiger partial charge in [-0.2, -0.15) is 0 Å². The Kier molecular flexibility index (Phi) is 10.7. The summed E-state index contributed by atoms with van der Waals surface area (Å²) in [4.78, 5) is 4.32. The Bertz CT molecular complexity index is 446. The predicted octanol–water partition coefficient (Wildman–Crippen LogP) is 4.72. The van der Waals surface area contributed by atoms with Crippen molar-refractivity contribution in [3.63, 3.8) is 0 Å². The molecule has 2 heteroatoms. The fourth-order valence-corrected chi connectivity index (χ4v) is 1.32. The summed E-state index contributed by atoms with van der Waals surface area (Å²) >= 11 is 0. The maximum absolute atomic E-state index is 4.32. The lowest BCUT2D eigenvalue weighted by atomic mass is 10.2. The van der Waals surface area contributed by atoms with Crippen LogP contribution in [0.1, 0.15) is 27.2 Å². The molecule has 0 spiro atoms. The van der Waals surface area contributed by atoms with E-state index in [1.54, 1.807) is 0 Å². The lowest BCUT2D eigenvalue weighted by Gasteiger charge is -2.01. The smallest absolute Gasteiger partial charge is 0.0426 e. The molecule has 0 fully saturated rings. The Morgan fingerprint density at radius 1 is 1.10 bits per heavy atom. The van der Waals surface area contributed by atoms with Crippen molar-refractivity contribution in [3.8, 4) is 0 Å². The van der Waals surface area contributed by atoms with Gasteiger partial charge in [-0.05, 0) is 39.3 Å². The first-order valence-corrected chi connectivity index (χ1v) is 6.79. The average Bonchev–Trinajstić information content (AvgIpc) is 2.38. The van der Waals surface area contributed by atoms with Crippen molar-refractivity contribution in [3.05, 3.63) is 72.7 Å². The molecule has 0 rings (SSSR count). The van der Waals surface area contributed by atoms with Gasteiger partial charge in [-0.1, -0.05) is 49.1 Å². The van der Waals surface area contributed by atoms with Crippen molar-refractivity contribution in [1.29, 1.82) is 0 Å². The third kappa shape index (κ3) is 12.4. The second-order valence-corrected chi connectivity index (χ2v) is 4.52. The summed E-state index contributed by atoms with van der Waals surface area (Å²) in [6.45, 7) is 14.4. The first kappa shape index (κ1) is 17.9. The number of aliphatic imine (C=N–C) groups is 1. The zero-order chi connectivity index (χ0) is 15.2. The van der Waals surface area contributed by atoms with Crippen LogP contribution in [-0.4, -0.2) is 12.8 Å². The van der Waals surface area contributed by atoms with E-state index in [0.717, 1.165) is 24.4 Å². The fourth-order valence-electron chi connectivity index (χ4n) is 1.32. The lowest BCUT2D eigenvalue weighted by molar-refractivity contribution is 0.955. The van der Waals surface area contributed by atoms with Gasteiger partial charge in [-0.25, -0.2) is 0 Å². The molecule has 0 radical (unpaired) electrons. The number of hydrogen-bond donors (Lipinski definition) is 1. The lowest BCUT2D eigenvalue weighted by Crippen LogP contribution is -2.05. The molecular formula is C18H26N2. The van der Waals surface area contributed by atoms with E-state index >= 15 is 0 Å². The highest BCUT2D eigenvalue weighted by atomic mass is 14.9. The zero-order valence-corrected chi connectivity index (χ0v) is 12.9. The van der Waals surface area contributed by atoms with E-state index in [0.29, 0.717) is 0 Å². The highest BCUT2D eigenvalue weighted by Gasteiger charge is 1.85. The summed E-state index contributed by atoms with van der Waals surface area (Å²) in [6.07, 6.45) is 16.7. The molecule has 0 saturated carbocycles. The third-order valence-electron chi connectivity index (χ3n) is 2.29. The van der Waals surface area contributed by atoms with E-state index in [-0.39, 0.29) is 0 Å². The Balaban J connectivity index is 3.90. The van der Waals surface area contributed by atoms with E-state index in [2.05, 4.69) is 42.5 Å². The van der Waals surface area contributed by atoms with Crippen molar-refractivity contribution in [2.75, 3.05) is 6.54 Å². The summed E-state index contributed by atoms with van der Waals surface area (Å²) in [7, 11) is 0. The number of rotatable bonds is 9. The van der Waals surface area contributed by atoms with Gasteiger partial charge in [0.25, 0.3) is 0 Å². The van der Waals surface area contributed by atoms with Crippen LogP contribution in [0.2, 0.25) is 0 Å². The van der Waals surface area contributed by atoms with E-state index in [1.165, 1.54) is 5.57 Å². The third-order valence-corrected chi connectivity index (χ3v) is 2.29. The van der Waals surface area contributed by atoms with Gasteiger partial charge in [0, 0.05) is 24.2 Å². The molecular weight excluding hydrogens is 244 g/mol. The normalized spacial score (nSPS) is 13.1. The van der Waals surface area contributed by atoms with Crippen LogP contribution in [0.3, 0.4) is 0 Å². The van der Waals surface area contributed by atoms with Crippen LogP contribution >= 0.6 is 0 Å². The molecule has 0 aliphatic carbocycles. The predicted molar refractivity (Wildman–Crippen MR) is 91.9 cm³/mol. The summed E-state index contributed by atoms with van der Waals surface area (Å²) in [5.74, 6) is 0. The van der Waals surface area contributed by atoms with E-state index in [4.69, 9.17) is 0 Å². The quantitative estimate of drug-likeness (QED) is 0.476. The minimum atomic E-state index is 0.817. The fraction of sp³-hybridized carbons (Fsp3) is 0.278. The largest absolute Gasteiger partial charge is 0.360 e. The summed E-state index contributed by atoms with van der Waals surface area (Å²) < 4.78 is 0. The van der Waals surface area contributed by atoms with E-state index in [1.807, 2.05) is 50.4 Å². The highest BCUT2D eigenvalue weighted by molar-refractivity contribution is 5.71. The summed E-state index contributed by atoms with van der Waals surface area (Å²) in [5.41, 5.74) is 3.04. The number of hydrogen-bond acceptors (Lipinski definition) is 2. The minimum absolute atomic E-state index is 0.817. The number of allylic oxidation sites excluding steroid dienone is 8. The molecule has 0 bridgehead atoms. The van der Waals surface area contributed by atoms with Gasteiger partial charge >= 0.3 is 0 Å². The molecule has 0 aromatic carbocycles. The van der Waals surface area contributed by atoms with Crippen molar-refractivity contribution >= 4 is 6.21 Å². The zero-order valence-electron chi connectivity index (χ0n) is 12.9. The second kappa shape index (κ2) is 12.0. The van der Waals surface area contributed by atoms with Crippen LogP contribution in [0, 0.1) is 0 Å². The first-order chi connectivity index (χ1) is 9.56. The first-order valence-electron chi connectivity index (χ1n) is 6.79. The molecule has 0 aromatic rings. The van der Waals surface area contributed by atoms with Gasteiger partial charge in [-0.15, -0.1) is 0 Å². The monoisotopic (exact) mass is 270 g/mol. The van der Waals surface area contributed by atoms with Crippen LogP contribution < -0.4 is 5.32 Å². The SMILES string of the molecule is C=C(C)NC(=C)/C=C\C=C\C=NCC/C(C)=C/C=C\C. The Morgan fingerprint density at radius 3 is 2.50 bits per heavy atom. The van der Waals surface area contributed by atoms with Crippen molar-refractivity contribution in [1.82, 2.24) is 5.32 Å². The molecule has 0 aromatic heterocycles. The average molecular weight is 270 g/mol. The van der Waals surface area contributed by atoms with Crippen LogP contribution in [0.15, 0.2) is 77.6 Å². The second-order valence-electron chi connectivity index (χ2n) is 4.52. The molecule has 1 N–H and O–H groups in total. The highest BCUT2D eigenvalue weighted by Crippen LogP contribution is 1.99. The Morgan fingerprint density at radius 2 is 1.85 bits per heavy atom. The van der Waals surface area contributed by atoms with E-state index in [9.17, 15) is 0 Å². The molecule has 0 atom stereocenters. The van der Waals surface area contributed by atoms with Crippen LogP contribution in [0.5, 0.6) is 0 Å². The topological polar surface area (TPSA) is 24.4 Å². The van der Waals surface area contributed by atoms with Crippen LogP contribution in [0.25, 0.3) is 0 Å². The van der Waals surface area contributed by atoms with Crippen LogP contribution in [0.4, 0.5) is 0 Å². The van der Waals surface area contributed by atoms with Gasteiger partial charge in [0.2, 0.25) is 0 Å². The molecule has 0 saturated heterocycles. The molecule has 0 aliphatic heterocycles. The van der Waals surface area contributed by atoms with Gasteiger partial charge < -0.3 is 5.32 Å². The summed E-state index contributed by atoms with van der Waals surface area (Å²) in [5, 5.41) is 3.03. The molecule has 0 aliphatic rings. The van der Waals surface area contributed by atoms with Gasteiger partial charge in [0.1, 0.15) is 0 Å². The molecule has 0 heterocycles. The maximum atomic E-state index is 4.32. The minimum Gasteiger partial charge on any atom is -0.360 e. The molecule has 0 unspecified atom stereocenters. The Hall–Kier alpha value is -2.09. The maximum Gasteiger partial charge on any atom is 0.0426 e. The standard InChI is InChI=1S/C18H26N2/c1-6-7-11-17(4)13-15-19-14-10-8-9-12-18(5)20-16(2)3/h6-12,14,20H,2,5,13,15H2,1,3-4H3/b7-6-,10-8+,12-9-,17-11+,19-14?. The van der Waals surface area contributed by atoms with Crippen molar-refractivity contribution < 1.29 is 0 Å². The van der Waals surface area contributed by atoms with Gasteiger partial charge in [-0.3, -0.25) is 4.99 Å². The number of nitrogens with one attached hydrogen (secondary N) is 1. The molecule has 20 heavy (non-hydrogen) atoms. The summed E-state index contributed by atoms with van der Waals surface area (Å²) in [6, 6.07) is 0. The molecule has 108 valence electrons. The van der Waals surface area contributed by atoms with Gasteiger partial charge in [0.15, 0.2) is 0 Å². The Labute approximate surface area is 123 Å². The molecule has 0 amide bonds. The number of nitrogens with zero attached hydrogens (tertiary/aromatic N) is 1.